The maximum Gasteiger partial charge on any atom is 0.119 e. The van der Waals surface area contributed by atoms with Crippen LogP contribution >= 0.6 is 0 Å². The lowest BCUT2D eigenvalue weighted by molar-refractivity contribution is -0.0761. The number of methoxy groups -OCH3 is 2. The maximum absolute atomic E-state index is 6.24. The Kier molecular flexibility index (Phi) is 3.92. The molecule has 0 radical (unpaired) electrons. The Labute approximate surface area is 145 Å². The Balaban J connectivity index is 1.88. The van der Waals surface area contributed by atoms with Crippen LogP contribution in [0.1, 0.15) is 62.3 Å². The van der Waals surface area contributed by atoms with E-state index in [1.165, 1.54) is 36.0 Å². The second-order valence-corrected chi connectivity index (χ2v) is 8.50. The van der Waals surface area contributed by atoms with Gasteiger partial charge in [-0.1, -0.05) is 20.3 Å². The van der Waals surface area contributed by atoms with Gasteiger partial charge in [0, 0.05) is 7.11 Å². The van der Waals surface area contributed by atoms with Crippen LogP contribution in [0, 0.1) is 11.3 Å². The van der Waals surface area contributed by atoms with E-state index in [-0.39, 0.29) is 16.9 Å². The number of fused-ring (bicyclic) bond motifs is 2. The van der Waals surface area contributed by atoms with Crippen LogP contribution in [0.2, 0.25) is 0 Å². The van der Waals surface area contributed by atoms with Gasteiger partial charge in [0.15, 0.2) is 0 Å². The smallest absolute Gasteiger partial charge is 0.119 e. The highest BCUT2D eigenvalue weighted by Crippen LogP contribution is 2.61. The third-order valence-electron chi connectivity index (χ3n) is 7.08. The second-order valence-electron chi connectivity index (χ2n) is 8.50. The highest BCUT2D eigenvalue weighted by atomic mass is 16.5. The second kappa shape index (κ2) is 5.74. The number of hydrogen-bond acceptors (Lipinski definition) is 3. The van der Waals surface area contributed by atoms with Crippen LogP contribution in [0.4, 0.5) is 0 Å². The summed E-state index contributed by atoms with van der Waals surface area (Å²) >= 11 is 0. The van der Waals surface area contributed by atoms with Gasteiger partial charge in [0.05, 0.1) is 26.4 Å². The molecule has 1 heterocycles. The van der Waals surface area contributed by atoms with Crippen molar-refractivity contribution >= 4 is 0 Å². The van der Waals surface area contributed by atoms with Gasteiger partial charge in [-0.15, -0.1) is 0 Å². The lowest BCUT2D eigenvalue weighted by Crippen LogP contribution is -2.52. The molecule has 1 aromatic rings. The minimum atomic E-state index is 0.196. The van der Waals surface area contributed by atoms with Gasteiger partial charge in [0.25, 0.3) is 0 Å². The molecule has 1 saturated carbocycles. The summed E-state index contributed by atoms with van der Waals surface area (Å²) in [5, 5.41) is 0. The van der Waals surface area contributed by atoms with Crippen LogP contribution in [0.5, 0.6) is 5.75 Å². The zero-order chi connectivity index (χ0) is 16.9. The van der Waals surface area contributed by atoms with E-state index >= 15 is 0 Å². The van der Waals surface area contributed by atoms with Crippen molar-refractivity contribution in [3.63, 3.8) is 0 Å². The van der Waals surface area contributed by atoms with Gasteiger partial charge in [-0.2, -0.15) is 0 Å². The fourth-order valence-electron chi connectivity index (χ4n) is 6.00. The molecule has 24 heavy (non-hydrogen) atoms. The Hall–Kier alpha value is -1.06. The topological polar surface area (TPSA) is 27.7 Å². The highest BCUT2D eigenvalue weighted by molar-refractivity contribution is 5.50. The first-order chi connectivity index (χ1) is 11.5. The van der Waals surface area contributed by atoms with Crippen molar-refractivity contribution in [3.05, 3.63) is 28.8 Å². The van der Waals surface area contributed by atoms with Crippen LogP contribution in [-0.4, -0.2) is 27.4 Å². The van der Waals surface area contributed by atoms with E-state index in [1.807, 2.05) is 7.11 Å². The van der Waals surface area contributed by atoms with Crippen molar-refractivity contribution in [3.8, 4) is 5.75 Å². The maximum atomic E-state index is 6.24. The van der Waals surface area contributed by atoms with Gasteiger partial charge in [-0.05, 0) is 71.3 Å². The molecular weight excluding hydrogens is 300 g/mol. The van der Waals surface area contributed by atoms with E-state index in [0.717, 1.165) is 31.8 Å². The molecule has 3 heteroatoms. The van der Waals surface area contributed by atoms with Crippen LogP contribution in [0.3, 0.4) is 0 Å². The van der Waals surface area contributed by atoms with Crippen LogP contribution in [0.15, 0.2) is 12.1 Å². The molecule has 2 aliphatic carbocycles. The molecule has 0 aromatic heterocycles. The van der Waals surface area contributed by atoms with Gasteiger partial charge in [-0.25, -0.2) is 0 Å². The van der Waals surface area contributed by atoms with E-state index in [0.29, 0.717) is 5.92 Å². The Bertz CT molecular complexity index is 636. The Morgan fingerprint density at radius 3 is 2.79 bits per heavy atom. The van der Waals surface area contributed by atoms with Crippen molar-refractivity contribution in [1.82, 2.24) is 0 Å². The van der Waals surface area contributed by atoms with Crippen LogP contribution in [0.25, 0.3) is 0 Å². The molecule has 4 rings (SSSR count). The molecule has 1 fully saturated rings. The lowest BCUT2D eigenvalue weighted by Gasteiger charge is -2.57. The average Bonchev–Trinajstić information content (AvgIpc) is 2.57. The molecule has 0 spiro atoms. The summed E-state index contributed by atoms with van der Waals surface area (Å²) in [4.78, 5) is 0. The minimum absolute atomic E-state index is 0.196. The number of ether oxygens (including phenoxy) is 3. The fourth-order valence-corrected chi connectivity index (χ4v) is 6.00. The molecule has 0 amide bonds. The number of hydrogen-bond donors (Lipinski definition) is 0. The van der Waals surface area contributed by atoms with Gasteiger partial charge in [0.2, 0.25) is 0 Å². The molecule has 0 N–H and O–H groups in total. The lowest BCUT2D eigenvalue weighted by atomic mass is 9.49. The fraction of sp³-hybridized carbons (Fsp3) is 0.714. The SMILES string of the molecule is COC[C@@]1(C)CCCC2(C)c3cc(OC)cc4c3[C@H](CC21)OCC4. The summed E-state index contributed by atoms with van der Waals surface area (Å²) in [5.41, 5.74) is 4.83. The number of benzene rings is 1. The third kappa shape index (κ3) is 2.24. The third-order valence-corrected chi connectivity index (χ3v) is 7.08. The predicted octanol–water partition coefficient (Wildman–Crippen LogP) is 4.42. The van der Waals surface area contributed by atoms with Crippen LogP contribution in [-0.2, 0) is 21.3 Å². The van der Waals surface area contributed by atoms with E-state index in [9.17, 15) is 0 Å². The zero-order valence-electron chi connectivity index (χ0n) is 15.5. The van der Waals surface area contributed by atoms with Crippen molar-refractivity contribution in [1.29, 1.82) is 0 Å². The quantitative estimate of drug-likeness (QED) is 0.821. The molecule has 3 nitrogen and oxygen atoms in total. The molecule has 0 bridgehead atoms. The monoisotopic (exact) mass is 330 g/mol. The molecule has 0 saturated heterocycles. The molecule has 1 aliphatic heterocycles. The Morgan fingerprint density at radius 1 is 1.21 bits per heavy atom. The van der Waals surface area contributed by atoms with Crippen molar-refractivity contribution < 1.29 is 14.2 Å². The molecule has 132 valence electrons. The molecule has 2 unspecified atom stereocenters. The standard InChI is InChI=1S/C21H30O3/c1-20(13-22-3)7-5-8-21(2)16-11-15(23-4)10-14-6-9-24-17(19(14)16)12-18(20)21/h10-11,17-18H,5-9,12-13H2,1-4H3/t17-,18?,20+,21?/m0/s1. The summed E-state index contributed by atoms with van der Waals surface area (Å²) in [5.74, 6) is 1.60. The van der Waals surface area contributed by atoms with Crippen molar-refractivity contribution in [2.75, 3.05) is 27.4 Å². The first-order valence-corrected chi connectivity index (χ1v) is 9.34. The van der Waals surface area contributed by atoms with Gasteiger partial charge >= 0.3 is 0 Å². The number of rotatable bonds is 3. The zero-order valence-corrected chi connectivity index (χ0v) is 15.5. The van der Waals surface area contributed by atoms with Gasteiger partial charge in [0.1, 0.15) is 5.75 Å². The van der Waals surface area contributed by atoms with Crippen molar-refractivity contribution in [2.45, 2.75) is 57.5 Å². The van der Waals surface area contributed by atoms with E-state index in [4.69, 9.17) is 14.2 Å². The van der Waals surface area contributed by atoms with E-state index in [2.05, 4.69) is 26.0 Å². The minimum Gasteiger partial charge on any atom is -0.497 e. The normalized spacial score (nSPS) is 37.5. The van der Waals surface area contributed by atoms with E-state index in [1.54, 1.807) is 7.11 Å². The van der Waals surface area contributed by atoms with E-state index < -0.39 is 0 Å². The van der Waals surface area contributed by atoms with Gasteiger partial charge in [-0.3, -0.25) is 0 Å². The summed E-state index contributed by atoms with van der Waals surface area (Å²) in [6, 6.07) is 4.53. The highest BCUT2D eigenvalue weighted by Gasteiger charge is 2.54. The molecule has 3 aliphatic rings. The molecular formula is C21H30O3. The summed E-state index contributed by atoms with van der Waals surface area (Å²) in [6.07, 6.45) is 6.16. The summed E-state index contributed by atoms with van der Waals surface area (Å²) in [7, 11) is 3.62. The average molecular weight is 330 g/mol. The summed E-state index contributed by atoms with van der Waals surface area (Å²) in [6.45, 7) is 6.57. The van der Waals surface area contributed by atoms with Crippen LogP contribution < -0.4 is 4.74 Å². The van der Waals surface area contributed by atoms with Crippen molar-refractivity contribution in [2.24, 2.45) is 11.3 Å². The van der Waals surface area contributed by atoms with Gasteiger partial charge < -0.3 is 14.2 Å². The summed E-state index contributed by atoms with van der Waals surface area (Å²) < 4.78 is 17.5. The Morgan fingerprint density at radius 2 is 2.04 bits per heavy atom. The largest absolute Gasteiger partial charge is 0.497 e. The first kappa shape index (κ1) is 16.4. The molecule has 4 atom stereocenters. The molecule has 1 aromatic carbocycles. The predicted molar refractivity (Wildman–Crippen MR) is 94.7 cm³/mol. The first-order valence-electron chi connectivity index (χ1n) is 9.34.